The van der Waals surface area contributed by atoms with Gasteiger partial charge in [0.25, 0.3) is 0 Å². The normalized spacial score (nSPS) is 19.5. The Hall–Kier alpha value is -0.140. The smallest absolute Gasteiger partial charge is 0.214 e. The summed E-state index contributed by atoms with van der Waals surface area (Å²) >= 11 is 0. The third-order valence-corrected chi connectivity index (χ3v) is 5.42. The van der Waals surface area contributed by atoms with Crippen LogP contribution in [-0.2, 0) is 19.9 Å². The van der Waals surface area contributed by atoms with Crippen molar-refractivity contribution >= 4 is 19.9 Å². The standard InChI is InChI=1S/C8H17NO4S2/c1-14(10,11)7-6-9-15(12,13)8-4-2-3-5-8/h8-9H,2-7H2,1H3. The average molecular weight is 255 g/mol. The Kier molecular flexibility index (Phi) is 4.13. The van der Waals surface area contributed by atoms with Gasteiger partial charge in [-0.2, -0.15) is 0 Å². The lowest BCUT2D eigenvalue weighted by Gasteiger charge is -2.11. The van der Waals surface area contributed by atoms with E-state index in [1.807, 2.05) is 0 Å². The minimum absolute atomic E-state index is 0.0162. The molecule has 7 heteroatoms. The molecule has 1 saturated carbocycles. The summed E-state index contributed by atoms with van der Waals surface area (Å²) in [6, 6.07) is 0. The maximum atomic E-state index is 11.6. The van der Waals surface area contributed by atoms with Gasteiger partial charge in [-0.3, -0.25) is 0 Å². The molecule has 1 rings (SSSR count). The maximum absolute atomic E-state index is 11.6. The molecule has 0 saturated heterocycles. The van der Waals surface area contributed by atoms with E-state index in [9.17, 15) is 16.8 Å². The molecule has 0 aromatic carbocycles. The van der Waals surface area contributed by atoms with Gasteiger partial charge in [-0.05, 0) is 12.8 Å². The third-order valence-electron chi connectivity index (χ3n) is 2.52. The zero-order chi connectivity index (χ0) is 11.5. The molecule has 0 spiro atoms. The first-order valence-corrected chi connectivity index (χ1v) is 8.58. The number of hydrogen-bond donors (Lipinski definition) is 1. The molecule has 0 amide bonds. The second-order valence-electron chi connectivity index (χ2n) is 3.98. The highest BCUT2D eigenvalue weighted by Crippen LogP contribution is 2.23. The van der Waals surface area contributed by atoms with Crippen LogP contribution in [0.15, 0.2) is 0 Å². The molecule has 1 aliphatic rings. The maximum Gasteiger partial charge on any atom is 0.214 e. The number of sulfone groups is 1. The van der Waals surface area contributed by atoms with Crippen LogP contribution in [0.5, 0.6) is 0 Å². The van der Waals surface area contributed by atoms with Crippen molar-refractivity contribution < 1.29 is 16.8 Å². The van der Waals surface area contributed by atoms with E-state index in [4.69, 9.17) is 0 Å². The first-order chi connectivity index (χ1) is 6.81. The highest BCUT2D eigenvalue weighted by Gasteiger charge is 2.28. The van der Waals surface area contributed by atoms with Crippen molar-refractivity contribution in [3.05, 3.63) is 0 Å². The van der Waals surface area contributed by atoms with Crippen molar-refractivity contribution in [2.45, 2.75) is 30.9 Å². The largest absolute Gasteiger partial charge is 0.229 e. The Labute approximate surface area is 91.2 Å². The van der Waals surface area contributed by atoms with E-state index in [0.29, 0.717) is 12.8 Å². The summed E-state index contributed by atoms with van der Waals surface area (Å²) in [5.41, 5.74) is 0. The van der Waals surface area contributed by atoms with E-state index in [-0.39, 0.29) is 17.5 Å². The Morgan fingerprint density at radius 1 is 1.13 bits per heavy atom. The Morgan fingerprint density at radius 3 is 2.13 bits per heavy atom. The molecular weight excluding hydrogens is 238 g/mol. The third kappa shape index (κ3) is 4.48. The summed E-state index contributed by atoms with van der Waals surface area (Å²) in [7, 11) is -6.39. The molecule has 5 nitrogen and oxygen atoms in total. The van der Waals surface area contributed by atoms with Gasteiger partial charge in [0.05, 0.1) is 11.0 Å². The fourth-order valence-corrected chi connectivity index (χ4v) is 3.86. The van der Waals surface area contributed by atoms with Crippen molar-refractivity contribution in [2.75, 3.05) is 18.6 Å². The molecule has 0 unspecified atom stereocenters. The van der Waals surface area contributed by atoms with E-state index in [2.05, 4.69) is 4.72 Å². The number of nitrogens with one attached hydrogen (secondary N) is 1. The van der Waals surface area contributed by atoms with E-state index < -0.39 is 19.9 Å². The van der Waals surface area contributed by atoms with Gasteiger partial charge in [0.1, 0.15) is 9.84 Å². The Morgan fingerprint density at radius 2 is 1.67 bits per heavy atom. The van der Waals surface area contributed by atoms with Gasteiger partial charge >= 0.3 is 0 Å². The van der Waals surface area contributed by atoms with Gasteiger partial charge < -0.3 is 0 Å². The summed E-state index contributed by atoms with van der Waals surface area (Å²) in [6.45, 7) is -0.0162. The van der Waals surface area contributed by atoms with Gasteiger partial charge in [0.2, 0.25) is 10.0 Å². The molecule has 0 aromatic heterocycles. The summed E-state index contributed by atoms with van der Waals surface area (Å²) in [6.07, 6.45) is 4.36. The molecule has 0 radical (unpaired) electrons. The lowest BCUT2D eigenvalue weighted by molar-refractivity contribution is 0.566. The quantitative estimate of drug-likeness (QED) is 0.743. The van der Waals surface area contributed by atoms with Crippen molar-refractivity contribution in [1.29, 1.82) is 0 Å². The molecule has 0 heterocycles. The van der Waals surface area contributed by atoms with Crippen LogP contribution in [0.2, 0.25) is 0 Å². The van der Waals surface area contributed by atoms with Crippen molar-refractivity contribution in [1.82, 2.24) is 4.72 Å². The van der Waals surface area contributed by atoms with Crippen LogP contribution in [0.3, 0.4) is 0 Å². The van der Waals surface area contributed by atoms with Crippen LogP contribution >= 0.6 is 0 Å². The van der Waals surface area contributed by atoms with E-state index >= 15 is 0 Å². The van der Waals surface area contributed by atoms with Gasteiger partial charge in [-0.25, -0.2) is 21.6 Å². The van der Waals surface area contributed by atoms with Gasteiger partial charge in [0, 0.05) is 12.8 Å². The zero-order valence-electron chi connectivity index (χ0n) is 8.77. The molecule has 15 heavy (non-hydrogen) atoms. The molecule has 1 fully saturated rings. The molecule has 90 valence electrons. The monoisotopic (exact) mass is 255 g/mol. The van der Waals surface area contributed by atoms with Gasteiger partial charge in [-0.1, -0.05) is 12.8 Å². The fraction of sp³-hybridized carbons (Fsp3) is 1.00. The average Bonchev–Trinajstić information content (AvgIpc) is 2.52. The van der Waals surface area contributed by atoms with Crippen molar-refractivity contribution in [3.63, 3.8) is 0 Å². The Balaban J connectivity index is 2.43. The minimum atomic E-state index is -3.30. The summed E-state index contributed by atoms with van der Waals surface area (Å²) in [4.78, 5) is 0. The highest BCUT2D eigenvalue weighted by molar-refractivity contribution is 7.91. The summed E-state index contributed by atoms with van der Waals surface area (Å²) in [5, 5.41) is -0.322. The number of hydrogen-bond acceptors (Lipinski definition) is 4. The van der Waals surface area contributed by atoms with Gasteiger partial charge in [0.15, 0.2) is 0 Å². The summed E-state index contributed by atoms with van der Waals surface area (Å²) in [5.74, 6) is -0.140. The lowest BCUT2D eigenvalue weighted by Crippen LogP contribution is -2.35. The SMILES string of the molecule is CS(=O)(=O)CCNS(=O)(=O)C1CCCC1. The Bertz CT molecular complexity index is 392. The van der Waals surface area contributed by atoms with Crippen LogP contribution < -0.4 is 4.72 Å². The molecule has 0 aliphatic heterocycles. The molecule has 1 N–H and O–H groups in total. The second-order valence-corrected chi connectivity index (χ2v) is 8.28. The number of sulfonamides is 1. The number of rotatable bonds is 5. The predicted octanol–water partition coefficient (Wildman–Crippen LogP) is -0.107. The highest BCUT2D eigenvalue weighted by atomic mass is 32.2. The molecule has 0 aromatic rings. The van der Waals surface area contributed by atoms with Crippen LogP contribution in [0, 0.1) is 0 Å². The van der Waals surface area contributed by atoms with Crippen LogP contribution in [0.1, 0.15) is 25.7 Å². The topological polar surface area (TPSA) is 80.3 Å². The fourth-order valence-electron chi connectivity index (χ4n) is 1.69. The van der Waals surface area contributed by atoms with Crippen LogP contribution in [0.25, 0.3) is 0 Å². The molecule has 0 bridgehead atoms. The van der Waals surface area contributed by atoms with Crippen LogP contribution in [0.4, 0.5) is 0 Å². The zero-order valence-corrected chi connectivity index (χ0v) is 10.4. The first-order valence-electron chi connectivity index (χ1n) is 4.97. The van der Waals surface area contributed by atoms with E-state index in [0.717, 1.165) is 19.1 Å². The second kappa shape index (κ2) is 4.80. The minimum Gasteiger partial charge on any atom is -0.229 e. The molecule has 0 atom stereocenters. The lowest BCUT2D eigenvalue weighted by atomic mass is 10.4. The molecular formula is C8H17NO4S2. The summed E-state index contributed by atoms with van der Waals surface area (Å²) < 4.78 is 47.2. The van der Waals surface area contributed by atoms with Crippen molar-refractivity contribution in [2.24, 2.45) is 0 Å². The van der Waals surface area contributed by atoms with Crippen LogP contribution in [-0.4, -0.2) is 40.6 Å². The predicted molar refractivity (Wildman–Crippen MR) is 58.9 cm³/mol. The molecule has 1 aliphatic carbocycles. The first kappa shape index (κ1) is 12.9. The van der Waals surface area contributed by atoms with Crippen molar-refractivity contribution in [3.8, 4) is 0 Å². The van der Waals surface area contributed by atoms with E-state index in [1.165, 1.54) is 0 Å². The van der Waals surface area contributed by atoms with Gasteiger partial charge in [-0.15, -0.1) is 0 Å². The van der Waals surface area contributed by atoms with E-state index in [1.54, 1.807) is 0 Å².